The Kier molecular flexibility index (Phi) is 4.13. The van der Waals surface area contributed by atoms with Crippen LogP contribution in [-0.2, 0) is 14.3 Å². The van der Waals surface area contributed by atoms with Crippen LogP contribution in [0, 0.1) is 0 Å². The van der Waals surface area contributed by atoms with Gasteiger partial charge in [-0.2, -0.15) is 0 Å². The number of nitrogens with zero attached hydrogens (tertiary/aromatic N) is 1. The number of nitrogens with one attached hydrogen (secondary N) is 1. The van der Waals surface area contributed by atoms with Gasteiger partial charge in [-0.3, -0.25) is 9.59 Å². The molecule has 1 N–H and O–H groups in total. The second-order valence-corrected chi connectivity index (χ2v) is 6.96. The number of amides is 2. The van der Waals surface area contributed by atoms with Gasteiger partial charge in [0, 0.05) is 38.2 Å². The quantitative estimate of drug-likeness (QED) is 0.832. The number of benzene rings is 1. The van der Waals surface area contributed by atoms with E-state index in [9.17, 15) is 9.59 Å². The summed E-state index contributed by atoms with van der Waals surface area (Å²) in [5.74, 6) is 0.328. The standard InChI is InChI=1S/C18H22N2O5/c1-12-9-20(11-18(25-12)4-6-23-7-5-18)17(22)13-2-3-15-14(8-13)19-16(21)10-24-15/h2-3,8,12H,4-7,9-11H2,1H3,(H,19,21). The Hall–Kier alpha value is -2.12. The normalized spacial score (nSPS) is 25.1. The third-order valence-corrected chi connectivity index (χ3v) is 4.96. The van der Waals surface area contributed by atoms with Crippen LogP contribution < -0.4 is 10.1 Å². The van der Waals surface area contributed by atoms with E-state index in [2.05, 4.69) is 5.32 Å². The molecular formula is C18H22N2O5. The van der Waals surface area contributed by atoms with Gasteiger partial charge in [0.25, 0.3) is 11.8 Å². The Bertz CT molecular complexity index is 699. The summed E-state index contributed by atoms with van der Waals surface area (Å²) >= 11 is 0. The summed E-state index contributed by atoms with van der Waals surface area (Å²) in [6, 6.07) is 5.16. The molecule has 3 aliphatic rings. The molecule has 1 aromatic carbocycles. The lowest BCUT2D eigenvalue weighted by atomic mass is 9.91. The molecule has 1 atom stereocenters. The number of hydrogen-bond acceptors (Lipinski definition) is 5. The molecule has 25 heavy (non-hydrogen) atoms. The highest BCUT2D eigenvalue weighted by molar-refractivity contribution is 5.99. The van der Waals surface area contributed by atoms with E-state index >= 15 is 0 Å². The van der Waals surface area contributed by atoms with Gasteiger partial charge in [-0.05, 0) is 25.1 Å². The molecule has 2 amide bonds. The number of carbonyl (C=O) groups excluding carboxylic acids is 2. The van der Waals surface area contributed by atoms with Gasteiger partial charge >= 0.3 is 0 Å². The molecule has 7 nitrogen and oxygen atoms in total. The topological polar surface area (TPSA) is 77.1 Å². The highest BCUT2D eigenvalue weighted by atomic mass is 16.5. The van der Waals surface area contributed by atoms with Crippen LogP contribution >= 0.6 is 0 Å². The van der Waals surface area contributed by atoms with Crippen molar-refractivity contribution in [3.8, 4) is 5.75 Å². The Balaban J connectivity index is 1.55. The maximum absolute atomic E-state index is 13.0. The summed E-state index contributed by atoms with van der Waals surface area (Å²) in [6.45, 7) is 4.46. The van der Waals surface area contributed by atoms with E-state index in [-0.39, 0.29) is 30.1 Å². The zero-order valence-electron chi connectivity index (χ0n) is 14.2. The molecule has 1 unspecified atom stereocenters. The van der Waals surface area contributed by atoms with E-state index in [0.29, 0.717) is 43.3 Å². The second-order valence-electron chi connectivity index (χ2n) is 6.96. The van der Waals surface area contributed by atoms with Crippen LogP contribution in [0.1, 0.15) is 30.1 Å². The zero-order chi connectivity index (χ0) is 17.4. The SMILES string of the molecule is CC1CN(C(=O)c2ccc3c(c2)NC(=O)CO3)CC2(CCOCC2)O1. The average Bonchev–Trinajstić information content (AvgIpc) is 2.60. The van der Waals surface area contributed by atoms with Gasteiger partial charge in [-0.15, -0.1) is 0 Å². The second kappa shape index (κ2) is 6.31. The smallest absolute Gasteiger partial charge is 0.262 e. The van der Waals surface area contributed by atoms with Crippen LogP contribution in [0.3, 0.4) is 0 Å². The largest absolute Gasteiger partial charge is 0.482 e. The fourth-order valence-corrected chi connectivity index (χ4v) is 3.80. The minimum atomic E-state index is -0.308. The van der Waals surface area contributed by atoms with Crippen molar-refractivity contribution in [2.75, 3.05) is 38.2 Å². The van der Waals surface area contributed by atoms with Crippen LogP contribution in [0.15, 0.2) is 18.2 Å². The first kappa shape index (κ1) is 16.4. The van der Waals surface area contributed by atoms with Gasteiger partial charge < -0.3 is 24.4 Å². The molecule has 2 saturated heterocycles. The molecule has 134 valence electrons. The molecule has 2 fully saturated rings. The van der Waals surface area contributed by atoms with Crippen molar-refractivity contribution in [3.63, 3.8) is 0 Å². The van der Waals surface area contributed by atoms with Crippen molar-refractivity contribution in [2.45, 2.75) is 31.5 Å². The molecule has 1 aromatic rings. The van der Waals surface area contributed by atoms with Crippen molar-refractivity contribution >= 4 is 17.5 Å². The van der Waals surface area contributed by atoms with E-state index in [1.807, 2.05) is 11.8 Å². The third kappa shape index (κ3) is 3.21. The Labute approximate surface area is 146 Å². The number of fused-ring (bicyclic) bond motifs is 1. The summed E-state index contributed by atoms with van der Waals surface area (Å²) < 4.78 is 17.0. The lowest BCUT2D eigenvalue weighted by molar-refractivity contribution is -0.176. The van der Waals surface area contributed by atoms with Crippen LogP contribution in [0.5, 0.6) is 5.75 Å². The van der Waals surface area contributed by atoms with Gasteiger partial charge in [0.15, 0.2) is 6.61 Å². The first-order valence-electron chi connectivity index (χ1n) is 8.66. The van der Waals surface area contributed by atoms with Gasteiger partial charge in [-0.25, -0.2) is 0 Å². The van der Waals surface area contributed by atoms with Gasteiger partial charge in [0.05, 0.1) is 23.9 Å². The van der Waals surface area contributed by atoms with Gasteiger partial charge in [-0.1, -0.05) is 0 Å². The molecule has 7 heteroatoms. The highest BCUT2D eigenvalue weighted by Crippen LogP contribution is 2.33. The molecular weight excluding hydrogens is 324 g/mol. The van der Waals surface area contributed by atoms with Crippen molar-refractivity contribution in [2.24, 2.45) is 0 Å². The Morgan fingerprint density at radius 3 is 2.92 bits per heavy atom. The summed E-state index contributed by atoms with van der Waals surface area (Å²) in [4.78, 5) is 26.4. The molecule has 0 saturated carbocycles. The number of rotatable bonds is 1. The van der Waals surface area contributed by atoms with Crippen LogP contribution in [0.25, 0.3) is 0 Å². The Morgan fingerprint density at radius 1 is 1.32 bits per heavy atom. The van der Waals surface area contributed by atoms with E-state index in [1.54, 1.807) is 18.2 Å². The van der Waals surface area contributed by atoms with Crippen molar-refractivity contribution in [3.05, 3.63) is 23.8 Å². The molecule has 0 bridgehead atoms. The van der Waals surface area contributed by atoms with E-state index < -0.39 is 0 Å². The predicted octanol–water partition coefficient (Wildman–Crippen LogP) is 1.43. The predicted molar refractivity (Wildman–Crippen MR) is 89.8 cm³/mol. The molecule has 0 aromatic heterocycles. The van der Waals surface area contributed by atoms with Crippen LogP contribution in [0.4, 0.5) is 5.69 Å². The third-order valence-electron chi connectivity index (χ3n) is 4.96. The summed E-state index contributed by atoms with van der Waals surface area (Å²) in [5.41, 5.74) is 0.780. The number of hydrogen-bond donors (Lipinski definition) is 1. The zero-order valence-corrected chi connectivity index (χ0v) is 14.2. The first-order valence-corrected chi connectivity index (χ1v) is 8.66. The molecule has 1 spiro atoms. The molecule has 0 radical (unpaired) electrons. The van der Waals surface area contributed by atoms with E-state index in [0.717, 1.165) is 12.8 Å². The fraction of sp³-hybridized carbons (Fsp3) is 0.556. The highest BCUT2D eigenvalue weighted by Gasteiger charge is 2.42. The maximum atomic E-state index is 13.0. The number of anilines is 1. The minimum absolute atomic E-state index is 0.00582. The van der Waals surface area contributed by atoms with Crippen LogP contribution in [-0.4, -0.2) is 61.3 Å². The maximum Gasteiger partial charge on any atom is 0.262 e. The Morgan fingerprint density at radius 2 is 2.12 bits per heavy atom. The van der Waals surface area contributed by atoms with Gasteiger partial charge in [0.1, 0.15) is 5.75 Å². The van der Waals surface area contributed by atoms with Crippen molar-refractivity contribution in [1.29, 1.82) is 0 Å². The summed E-state index contributed by atoms with van der Waals surface area (Å²) in [5, 5.41) is 2.75. The summed E-state index contributed by atoms with van der Waals surface area (Å²) in [7, 11) is 0. The van der Waals surface area contributed by atoms with Crippen molar-refractivity contribution < 1.29 is 23.8 Å². The fourth-order valence-electron chi connectivity index (χ4n) is 3.80. The van der Waals surface area contributed by atoms with Gasteiger partial charge in [0.2, 0.25) is 0 Å². The molecule has 0 aliphatic carbocycles. The summed E-state index contributed by atoms with van der Waals surface area (Å²) in [6.07, 6.45) is 1.58. The van der Waals surface area contributed by atoms with Crippen LogP contribution in [0.2, 0.25) is 0 Å². The first-order chi connectivity index (χ1) is 12.0. The lowest BCUT2D eigenvalue weighted by Crippen LogP contribution is -2.58. The monoisotopic (exact) mass is 346 g/mol. The number of carbonyl (C=O) groups is 2. The number of morpholine rings is 1. The molecule has 3 aliphatic heterocycles. The minimum Gasteiger partial charge on any atom is -0.482 e. The lowest BCUT2D eigenvalue weighted by Gasteiger charge is -2.47. The van der Waals surface area contributed by atoms with Crippen molar-refractivity contribution in [1.82, 2.24) is 4.90 Å². The average molecular weight is 346 g/mol. The molecule has 3 heterocycles. The van der Waals surface area contributed by atoms with E-state index in [4.69, 9.17) is 14.2 Å². The van der Waals surface area contributed by atoms with E-state index in [1.165, 1.54) is 0 Å². The molecule has 4 rings (SSSR count). The number of ether oxygens (including phenoxy) is 3.